The van der Waals surface area contributed by atoms with Crippen LogP contribution in [-0.4, -0.2) is 27.9 Å². The van der Waals surface area contributed by atoms with Crippen molar-refractivity contribution in [1.82, 2.24) is 9.97 Å². The van der Waals surface area contributed by atoms with E-state index in [0.29, 0.717) is 33.2 Å². The second-order valence-electron chi connectivity index (χ2n) is 5.48. The highest BCUT2D eigenvalue weighted by Crippen LogP contribution is 2.31. The standard InChI is InChI=1S/C17H14F3N3O2S2.ClH/c1-9-22-13-4-2-10(25-17(18,19)20)6-12(13)16(23-9)26-8-14(24)15-5-3-11(7-21)27-15;/h2-6H,7-8,21H2,1H3;1H. The van der Waals surface area contributed by atoms with Gasteiger partial charge in [-0.2, -0.15) is 0 Å². The Morgan fingerprint density at radius 1 is 1.25 bits per heavy atom. The van der Waals surface area contributed by atoms with Crippen molar-refractivity contribution in [2.75, 3.05) is 5.75 Å². The first-order chi connectivity index (χ1) is 12.7. The van der Waals surface area contributed by atoms with Crippen LogP contribution in [-0.2, 0) is 6.54 Å². The second-order valence-corrected chi connectivity index (χ2v) is 7.62. The van der Waals surface area contributed by atoms with Crippen LogP contribution in [0.25, 0.3) is 10.9 Å². The molecule has 0 fully saturated rings. The van der Waals surface area contributed by atoms with E-state index in [0.717, 1.165) is 16.6 Å². The third-order valence-corrected chi connectivity index (χ3v) is 5.60. The Labute approximate surface area is 172 Å². The maximum atomic E-state index is 12.5. The van der Waals surface area contributed by atoms with Gasteiger partial charge >= 0.3 is 6.36 Å². The van der Waals surface area contributed by atoms with Crippen LogP contribution < -0.4 is 10.5 Å². The van der Waals surface area contributed by atoms with Gasteiger partial charge in [-0.15, -0.1) is 36.9 Å². The normalized spacial score (nSPS) is 11.3. The summed E-state index contributed by atoms with van der Waals surface area (Å²) in [6, 6.07) is 7.38. The molecule has 0 radical (unpaired) electrons. The summed E-state index contributed by atoms with van der Waals surface area (Å²) in [5.41, 5.74) is 6.03. The molecule has 0 aliphatic rings. The topological polar surface area (TPSA) is 78.1 Å². The number of carbonyl (C=O) groups excluding carboxylic acids is 1. The van der Waals surface area contributed by atoms with Gasteiger partial charge in [0.15, 0.2) is 5.78 Å². The molecule has 0 amide bonds. The van der Waals surface area contributed by atoms with E-state index in [9.17, 15) is 18.0 Å². The number of fused-ring (bicyclic) bond motifs is 1. The third-order valence-electron chi connectivity index (χ3n) is 3.46. The first-order valence-electron chi connectivity index (χ1n) is 7.74. The lowest BCUT2D eigenvalue weighted by atomic mass is 10.2. The number of alkyl halides is 3. The van der Waals surface area contributed by atoms with Gasteiger partial charge < -0.3 is 10.5 Å². The SMILES string of the molecule is Cc1nc(SCC(=O)c2ccc(CN)s2)c2cc(OC(F)(F)F)ccc2n1.Cl. The van der Waals surface area contributed by atoms with E-state index in [2.05, 4.69) is 14.7 Å². The molecule has 2 N–H and O–H groups in total. The molecule has 2 aromatic heterocycles. The molecular weight excluding hydrogens is 435 g/mol. The fourth-order valence-corrected chi connectivity index (χ4v) is 4.19. The number of Topliss-reactive ketones (excluding diaryl/α,β-unsaturated/α-hetero) is 1. The predicted octanol–water partition coefficient (Wildman–Crippen LogP) is 4.75. The lowest BCUT2D eigenvalue weighted by molar-refractivity contribution is -0.274. The number of ether oxygens (including phenoxy) is 1. The molecule has 150 valence electrons. The van der Waals surface area contributed by atoms with Crippen LogP contribution in [0.1, 0.15) is 20.4 Å². The molecule has 0 saturated carbocycles. The molecule has 1 aromatic carbocycles. The Morgan fingerprint density at radius 3 is 2.64 bits per heavy atom. The largest absolute Gasteiger partial charge is 0.573 e. The van der Waals surface area contributed by atoms with Gasteiger partial charge in [0.05, 0.1) is 16.1 Å². The molecular formula is C17H15ClF3N3O2S2. The van der Waals surface area contributed by atoms with Crippen LogP contribution in [0.2, 0.25) is 0 Å². The zero-order chi connectivity index (χ0) is 19.6. The number of thioether (sulfide) groups is 1. The van der Waals surface area contributed by atoms with Gasteiger partial charge in [-0.25, -0.2) is 9.97 Å². The van der Waals surface area contributed by atoms with Crippen LogP contribution in [0.15, 0.2) is 35.4 Å². The number of halogens is 4. The summed E-state index contributed by atoms with van der Waals surface area (Å²) >= 11 is 2.47. The number of thiophene rings is 1. The van der Waals surface area contributed by atoms with E-state index >= 15 is 0 Å². The molecule has 11 heteroatoms. The molecule has 0 aliphatic heterocycles. The maximum Gasteiger partial charge on any atom is 0.573 e. The first-order valence-corrected chi connectivity index (χ1v) is 9.54. The quantitative estimate of drug-likeness (QED) is 0.332. The van der Waals surface area contributed by atoms with E-state index in [1.165, 1.54) is 29.5 Å². The highest BCUT2D eigenvalue weighted by Gasteiger charge is 2.31. The molecule has 0 aliphatic carbocycles. The molecule has 0 saturated heterocycles. The van der Waals surface area contributed by atoms with E-state index < -0.39 is 6.36 Å². The molecule has 0 atom stereocenters. The summed E-state index contributed by atoms with van der Waals surface area (Å²) in [4.78, 5) is 22.3. The van der Waals surface area contributed by atoms with Gasteiger partial charge in [0.25, 0.3) is 0 Å². The number of nitrogens with zero attached hydrogens (tertiary/aromatic N) is 2. The van der Waals surface area contributed by atoms with Gasteiger partial charge in [-0.05, 0) is 37.3 Å². The number of aromatic nitrogens is 2. The number of nitrogens with two attached hydrogens (primary N) is 1. The van der Waals surface area contributed by atoms with Crippen molar-refractivity contribution in [2.24, 2.45) is 5.73 Å². The number of rotatable bonds is 6. The van der Waals surface area contributed by atoms with Crippen molar-refractivity contribution >= 4 is 52.2 Å². The van der Waals surface area contributed by atoms with Crippen LogP contribution in [0.3, 0.4) is 0 Å². The fraction of sp³-hybridized carbons (Fsp3) is 0.235. The molecule has 3 aromatic rings. The molecule has 28 heavy (non-hydrogen) atoms. The van der Waals surface area contributed by atoms with E-state index in [-0.39, 0.29) is 29.7 Å². The number of benzene rings is 1. The maximum absolute atomic E-state index is 12.5. The highest BCUT2D eigenvalue weighted by molar-refractivity contribution is 8.00. The average Bonchev–Trinajstić information content (AvgIpc) is 3.07. The molecule has 0 bridgehead atoms. The summed E-state index contributed by atoms with van der Waals surface area (Å²) in [6.45, 7) is 2.04. The minimum Gasteiger partial charge on any atom is -0.406 e. The van der Waals surface area contributed by atoms with Gasteiger partial charge in [-0.1, -0.05) is 11.8 Å². The van der Waals surface area contributed by atoms with Gasteiger partial charge in [0.2, 0.25) is 0 Å². The van der Waals surface area contributed by atoms with Crippen molar-refractivity contribution in [3.63, 3.8) is 0 Å². The number of ketones is 1. The van der Waals surface area contributed by atoms with Crippen molar-refractivity contribution in [3.8, 4) is 5.75 Å². The first kappa shape index (κ1) is 22.4. The van der Waals surface area contributed by atoms with Crippen molar-refractivity contribution in [1.29, 1.82) is 0 Å². The van der Waals surface area contributed by atoms with Crippen LogP contribution in [0.4, 0.5) is 13.2 Å². The highest BCUT2D eigenvalue weighted by atomic mass is 35.5. The summed E-state index contributed by atoms with van der Waals surface area (Å²) < 4.78 is 41.4. The van der Waals surface area contributed by atoms with Crippen molar-refractivity contribution in [2.45, 2.75) is 24.9 Å². The summed E-state index contributed by atoms with van der Waals surface area (Å²) in [5, 5.41) is 0.822. The minimum absolute atomic E-state index is 0. The van der Waals surface area contributed by atoms with E-state index in [1.807, 2.05) is 0 Å². The smallest absolute Gasteiger partial charge is 0.406 e. The molecule has 2 heterocycles. The van der Waals surface area contributed by atoms with Gasteiger partial charge in [-0.3, -0.25) is 4.79 Å². The Hall–Kier alpha value is -1.88. The lowest BCUT2D eigenvalue weighted by Gasteiger charge is -2.11. The van der Waals surface area contributed by atoms with Gasteiger partial charge in [0.1, 0.15) is 16.6 Å². The van der Waals surface area contributed by atoms with Crippen molar-refractivity contribution < 1.29 is 22.7 Å². The Kier molecular flexibility index (Phi) is 7.27. The van der Waals surface area contributed by atoms with Crippen LogP contribution >= 0.6 is 35.5 Å². The number of aryl methyl sites for hydroxylation is 1. The molecule has 5 nitrogen and oxygen atoms in total. The zero-order valence-corrected chi connectivity index (χ0v) is 16.9. The average molecular weight is 450 g/mol. The Balaban J connectivity index is 0.00000280. The van der Waals surface area contributed by atoms with E-state index in [1.54, 1.807) is 19.1 Å². The van der Waals surface area contributed by atoms with Crippen molar-refractivity contribution in [3.05, 3.63) is 45.9 Å². The van der Waals surface area contributed by atoms with Crippen LogP contribution in [0.5, 0.6) is 5.75 Å². The van der Waals surface area contributed by atoms with Crippen LogP contribution in [0, 0.1) is 6.92 Å². The molecule has 0 unspecified atom stereocenters. The Morgan fingerprint density at radius 2 is 2.00 bits per heavy atom. The summed E-state index contributed by atoms with van der Waals surface area (Å²) in [7, 11) is 0. The zero-order valence-electron chi connectivity index (χ0n) is 14.4. The number of hydrogen-bond donors (Lipinski definition) is 1. The second kappa shape index (κ2) is 9.08. The predicted molar refractivity (Wildman–Crippen MR) is 105 cm³/mol. The van der Waals surface area contributed by atoms with E-state index in [4.69, 9.17) is 5.73 Å². The number of carbonyl (C=O) groups is 1. The molecule has 0 spiro atoms. The minimum atomic E-state index is -4.79. The summed E-state index contributed by atoms with van der Waals surface area (Å²) in [5.74, 6) is 0.0993. The monoisotopic (exact) mass is 449 g/mol. The third kappa shape index (κ3) is 5.57. The number of hydrogen-bond acceptors (Lipinski definition) is 7. The van der Waals surface area contributed by atoms with Gasteiger partial charge in [0, 0.05) is 16.8 Å². The fourth-order valence-electron chi connectivity index (χ4n) is 2.34. The Bertz CT molecular complexity index is 995. The molecule has 3 rings (SSSR count). The lowest BCUT2D eigenvalue weighted by Crippen LogP contribution is -2.17. The summed E-state index contributed by atoms with van der Waals surface area (Å²) in [6.07, 6.45) is -4.79.